The minimum absolute atomic E-state index is 0.0677. The number of aromatic nitrogens is 3. The SMILES string of the molecule is CCC(=O)c1ncn(C(c2ccccc2)(c2ccccc2)c2ccccc2)n1. The topological polar surface area (TPSA) is 47.8 Å². The van der Waals surface area contributed by atoms with Crippen molar-refractivity contribution in [1.82, 2.24) is 14.8 Å². The summed E-state index contributed by atoms with van der Waals surface area (Å²) in [5.41, 5.74) is 2.41. The summed E-state index contributed by atoms with van der Waals surface area (Å²) in [6, 6.07) is 30.6. The molecule has 1 heterocycles. The zero-order valence-electron chi connectivity index (χ0n) is 15.7. The minimum Gasteiger partial charge on any atom is -0.291 e. The van der Waals surface area contributed by atoms with Crippen molar-refractivity contribution in [2.75, 3.05) is 0 Å². The maximum atomic E-state index is 12.2. The Morgan fingerprint density at radius 2 is 1.21 bits per heavy atom. The normalized spacial score (nSPS) is 11.3. The molecule has 0 bridgehead atoms. The average Bonchev–Trinajstić information content (AvgIpc) is 3.26. The Kier molecular flexibility index (Phi) is 4.85. The van der Waals surface area contributed by atoms with E-state index in [9.17, 15) is 4.79 Å². The molecule has 0 saturated carbocycles. The van der Waals surface area contributed by atoms with Crippen LogP contribution in [0.15, 0.2) is 97.3 Å². The van der Waals surface area contributed by atoms with Crippen molar-refractivity contribution >= 4 is 5.78 Å². The van der Waals surface area contributed by atoms with Crippen LogP contribution in [0.3, 0.4) is 0 Å². The van der Waals surface area contributed by atoms with Crippen LogP contribution >= 0.6 is 0 Å². The molecule has 1 aromatic heterocycles. The summed E-state index contributed by atoms with van der Waals surface area (Å²) in [5.74, 6) is 0.177. The van der Waals surface area contributed by atoms with Crippen molar-refractivity contribution in [2.24, 2.45) is 0 Å². The summed E-state index contributed by atoms with van der Waals surface area (Å²) in [4.78, 5) is 16.6. The molecular weight excluding hydrogens is 346 g/mol. The van der Waals surface area contributed by atoms with Gasteiger partial charge >= 0.3 is 0 Å². The number of carbonyl (C=O) groups is 1. The molecule has 28 heavy (non-hydrogen) atoms. The molecule has 0 radical (unpaired) electrons. The highest BCUT2D eigenvalue weighted by Gasteiger charge is 2.39. The lowest BCUT2D eigenvalue weighted by Crippen LogP contribution is -2.38. The first-order valence-electron chi connectivity index (χ1n) is 9.38. The molecule has 0 aliphatic heterocycles. The number of hydrogen-bond acceptors (Lipinski definition) is 3. The van der Waals surface area contributed by atoms with Crippen LogP contribution in [-0.2, 0) is 5.54 Å². The monoisotopic (exact) mass is 367 g/mol. The highest BCUT2D eigenvalue weighted by atomic mass is 16.1. The molecule has 0 spiro atoms. The van der Waals surface area contributed by atoms with Crippen molar-refractivity contribution in [1.29, 1.82) is 0 Å². The molecule has 0 atom stereocenters. The van der Waals surface area contributed by atoms with Crippen LogP contribution in [0, 0.1) is 0 Å². The van der Waals surface area contributed by atoms with Gasteiger partial charge in [-0.3, -0.25) is 4.79 Å². The fourth-order valence-electron chi connectivity index (χ4n) is 3.65. The highest BCUT2D eigenvalue weighted by molar-refractivity contribution is 5.92. The second-order valence-electron chi connectivity index (χ2n) is 6.60. The van der Waals surface area contributed by atoms with Gasteiger partial charge in [-0.05, 0) is 16.7 Å². The summed E-state index contributed by atoms with van der Waals surface area (Å²) in [6.45, 7) is 1.82. The zero-order valence-corrected chi connectivity index (χ0v) is 15.7. The zero-order chi connectivity index (χ0) is 19.4. The number of ketones is 1. The predicted octanol–water partition coefficient (Wildman–Crippen LogP) is 4.71. The van der Waals surface area contributed by atoms with Crippen molar-refractivity contribution in [3.63, 3.8) is 0 Å². The third-order valence-corrected chi connectivity index (χ3v) is 4.98. The van der Waals surface area contributed by atoms with E-state index in [-0.39, 0.29) is 11.6 Å². The standard InChI is InChI=1S/C24H21N3O/c1-2-22(28)23-25-18-27(26-23)24(19-12-6-3-7-13-19,20-14-8-4-9-15-20)21-16-10-5-11-17-21/h3-18H,2H2,1H3. The van der Waals surface area contributed by atoms with Crippen LogP contribution in [0.1, 0.15) is 40.7 Å². The van der Waals surface area contributed by atoms with Gasteiger partial charge < -0.3 is 0 Å². The molecule has 4 aromatic rings. The molecule has 0 saturated heterocycles. The van der Waals surface area contributed by atoms with E-state index < -0.39 is 5.54 Å². The molecule has 0 N–H and O–H groups in total. The maximum Gasteiger partial charge on any atom is 0.217 e. The Morgan fingerprint density at radius 1 is 0.786 bits per heavy atom. The van der Waals surface area contributed by atoms with Crippen molar-refractivity contribution in [3.05, 3.63) is 120 Å². The lowest BCUT2D eigenvalue weighted by atomic mass is 9.77. The van der Waals surface area contributed by atoms with Crippen molar-refractivity contribution < 1.29 is 4.79 Å². The van der Waals surface area contributed by atoms with Gasteiger partial charge in [-0.1, -0.05) is 97.9 Å². The third kappa shape index (κ3) is 2.93. The van der Waals surface area contributed by atoms with Gasteiger partial charge in [0.2, 0.25) is 11.6 Å². The van der Waals surface area contributed by atoms with E-state index in [2.05, 4.69) is 46.5 Å². The van der Waals surface area contributed by atoms with Gasteiger partial charge in [0.15, 0.2) is 0 Å². The molecule has 4 nitrogen and oxygen atoms in total. The lowest BCUT2D eigenvalue weighted by Gasteiger charge is -2.35. The fourth-order valence-corrected chi connectivity index (χ4v) is 3.65. The van der Waals surface area contributed by atoms with E-state index in [0.29, 0.717) is 6.42 Å². The number of hydrogen-bond donors (Lipinski definition) is 0. The molecule has 138 valence electrons. The number of rotatable bonds is 6. The Hall–Kier alpha value is -3.53. The summed E-state index contributed by atoms with van der Waals surface area (Å²) < 4.78 is 1.82. The van der Waals surface area contributed by atoms with Crippen LogP contribution < -0.4 is 0 Å². The molecule has 4 heteroatoms. The summed E-state index contributed by atoms with van der Waals surface area (Å²) in [6.07, 6.45) is 2.04. The maximum absolute atomic E-state index is 12.2. The molecule has 0 amide bonds. The molecule has 4 rings (SSSR count). The molecule has 0 fully saturated rings. The van der Waals surface area contributed by atoms with E-state index in [1.54, 1.807) is 6.33 Å². The largest absolute Gasteiger partial charge is 0.291 e. The second kappa shape index (κ2) is 7.61. The van der Waals surface area contributed by atoms with E-state index >= 15 is 0 Å². The number of benzene rings is 3. The van der Waals surface area contributed by atoms with Crippen LogP contribution in [-0.4, -0.2) is 20.5 Å². The lowest BCUT2D eigenvalue weighted by molar-refractivity contribution is 0.0977. The van der Waals surface area contributed by atoms with E-state index in [1.165, 1.54) is 0 Å². The molecule has 3 aromatic carbocycles. The molecule has 0 aliphatic carbocycles. The highest BCUT2D eigenvalue weighted by Crippen LogP contribution is 2.40. The number of nitrogens with zero attached hydrogens (tertiary/aromatic N) is 3. The Morgan fingerprint density at radius 3 is 1.61 bits per heavy atom. The Labute approximate surface area is 164 Å². The summed E-state index contributed by atoms with van der Waals surface area (Å²) in [5, 5.41) is 4.64. The van der Waals surface area contributed by atoms with Gasteiger partial charge in [-0.15, -0.1) is 5.10 Å². The number of carbonyl (C=O) groups excluding carboxylic acids is 1. The smallest absolute Gasteiger partial charge is 0.217 e. The van der Waals surface area contributed by atoms with Crippen LogP contribution in [0.4, 0.5) is 0 Å². The fraction of sp³-hybridized carbons (Fsp3) is 0.125. The predicted molar refractivity (Wildman–Crippen MR) is 109 cm³/mol. The van der Waals surface area contributed by atoms with Gasteiger partial charge in [-0.25, -0.2) is 9.67 Å². The van der Waals surface area contributed by atoms with Crippen LogP contribution in [0.5, 0.6) is 0 Å². The first-order valence-corrected chi connectivity index (χ1v) is 9.38. The van der Waals surface area contributed by atoms with Gasteiger partial charge in [0.05, 0.1) is 0 Å². The van der Waals surface area contributed by atoms with Gasteiger partial charge in [0, 0.05) is 6.42 Å². The molecular formula is C24H21N3O. The van der Waals surface area contributed by atoms with Crippen LogP contribution in [0.25, 0.3) is 0 Å². The number of Topliss-reactive ketones (excluding diaryl/α,β-unsaturated/α-hetero) is 1. The molecule has 0 aliphatic rings. The van der Waals surface area contributed by atoms with Gasteiger partial charge in [-0.2, -0.15) is 0 Å². The van der Waals surface area contributed by atoms with E-state index in [4.69, 9.17) is 0 Å². The Bertz CT molecular complexity index is 960. The van der Waals surface area contributed by atoms with Crippen LogP contribution in [0.2, 0.25) is 0 Å². The first-order chi connectivity index (χ1) is 13.8. The minimum atomic E-state index is -0.733. The second-order valence-corrected chi connectivity index (χ2v) is 6.60. The molecule has 0 unspecified atom stereocenters. The summed E-state index contributed by atoms with van der Waals surface area (Å²) in [7, 11) is 0. The van der Waals surface area contributed by atoms with Crippen molar-refractivity contribution in [3.8, 4) is 0 Å². The van der Waals surface area contributed by atoms with Gasteiger partial charge in [0.25, 0.3) is 0 Å². The first kappa shape index (κ1) is 17.9. The quantitative estimate of drug-likeness (QED) is 0.366. The van der Waals surface area contributed by atoms with Gasteiger partial charge in [0.1, 0.15) is 11.9 Å². The van der Waals surface area contributed by atoms with E-state index in [0.717, 1.165) is 16.7 Å². The van der Waals surface area contributed by atoms with Crippen molar-refractivity contribution in [2.45, 2.75) is 18.9 Å². The third-order valence-electron chi connectivity index (χ3n) is 4.98. The average molecular weight is 367 g/mol. The Balaban J connectivity index is 2.07. The van der Waals surface area contributed by atoms with E-state index in [1.807, 2.05) is 66.2 Å². The summed E-state index contributed by atoms with van der Waals surface area (Å²) >= 11 is 0.